The molecule has 2 rings (SSSR count). The Morgan fingerprint density at radius 1 is 1.14 bits per heavy atom. The summed E-state index contributed by atoms with van der Waals surface area (Å²) in [5, 5.41) is 20.2. The molecule has 0 aliphatic carbocycles. The van der Waals surface area contributed by atoms with Crippen LogP contribution >= 0.6 is 15.9 Å². The predicted octanol–water partition coefficient (Wildman–Crippen LogP) is 2.60. The fourth-order valence-corrected chi connectivity index (χ4v) is 1.73. The van der Waals surface area contributed by atoms with Gasteiger partial charge in [-0.15, -0.1) is 0 Å². The smallest absolute Gasteiger partial charge is 0.181 e. The number of phenolic OH excluding ortho intramolecular Hbond substituents is 2. The molecule has 72 valence electrons. The number of nitrogens with two attached hydrogens (primary N) is 1. The Morgan fingerprint density at radius 2 is 1.86 bits per heavy atom. The lowest BCUT2D eigenvalue weighted by Crippen LogP contribution is -1.88. The highest BCUT2D eigenvalue weighted by Gasteiger charge is 2.08. The molecule has 2 aromatic rings. The summed E-state index contributed by atoms with van der Waals surface area (Å²) >= 11 is 3.31. The molecule has 0 heterocycles. The third-order valence-electron chi connectivity index (χ3n) is 2.10. The quantitative estimate of drug-likeness (QED) is 0.500. The van der Waals surface area contributed by atoms with E-state index in [0.29, 0.717) is 0 Å². The summed E-state index contributed by atoms with van der Waals surface area (Å²) in [6.45, 7) is 0. The number of anilines is 1. The molecule has 0 radical (unpaired) electrons. The Bertz CT molecular complexity index is 511. The molecule has 0 fully saturated rings. The van der Waals surface area contributed by atoms with E-state index in [1.165, 1.54) is 6.07 Å². The Labute approximate surface area is 88.9 Å². The molecule has 0 aliphatic rings. The van der Waals surface area contributed by atoms with Gasteiger partial charge < -0.3 is 15.9 Å². The molecule has 4 N–H and O–H groups in total. The monoisotopic (exact) mass is 253 g/mol. The third-order valence-corrected chi connectivity index (χ3v) is 2.59. The fourth-order valence-electron chi connectivity index (χ4n) is 1.37. The average Bonchev–Trinajstić information content (AvgIpc) is 2.16. The van der Waals surface area contributed by atoms with Crippen LogP contribution in [0.1, 0.15) is 0 Å². The standard InChI is InChI=1S/C10H8BrNO2/c11-6-2-1-5-3-8(13)10(14)9(12)7(5)4-6/h1-4,13-14H,12H2. The second-order valence-electron chi connectivity index (χ2n) is 3.02. The average molecular weight is 254 g/mol. The lowest BCUT2D eigenvalue weighted by molar-refractivity contribution is 0.406. The van der Waals surface area contributed by atoms with E-state index in [9.17, 15) is 10.2 Å². The van der Waals surface area contributed by atoms with Crippen molar-refractivity contribution in [3.8, 4) is 11.5 Å². The number of nitrogen functional groups attached to an aromatic ring is 1. The van der Waals surface area contributed by atoms with E-state index in [0.717, 1.165) is 15.2 Å². The van der Waals surface area contributed by atoms with Crippen molar-refractivity contribution in [3.05, 3.63) is 28.7 Å². The van der Waals surface area contributed by atoms with Crippen molar-refractivity contribution >= 4 is 32.4 Å². The van der Waals surface area contributed by atoms with Crippen LogP contribution in [0.4, 0.5) is 5.69 Å². The number of hydrogen-bond acceptors (Lipinski definition) is 3. The number of fused-ring (bicyclic) bond motifs is 1. The summed E-state index contributed by atoms with van der Waals surface area (Å²) < 4.78 is 0.877. The number of aromatic hydroxyl groups is 2. The number of rotatable bonds is 0. The van der Waals surface area contributed by atoms with Crippen molar-refractivity contribution in [3.63, 3.8) is 0 Å². The molecule has 0 aliphatic heterocycles. The van der Waals surface area contributed by atoms with Gasteiger partial charge in [-0.25, -0.2) is 0 Å². The highest BCUT2D eigenvalue weighted by atomic mass is 79.9. The third kappa shape index (κ3) is 1.28. The minimum absolute atomic E-state index is 0.196. The molecule has 0 bridgehead atoms. The first-order chi connectivity index (χ1) is 6.59. The van der Waals surface area contributed by atoms with Gasteiger partial charge in [0, 0.05) is 9.86 Å². The lowest BCUT2D eigenvalue weighted by atomic mass is 10.1. The summed E-state index contributed by atoms with van der Waals surface area (Å²) in [4.78, 5) is 0. The maximum atomic E-state index is 9.40. The van der Waals surface area contributed by atoms with Crippen molar-refractivity contribution in [2.45, 2.75) is 0 Å². The Balaban J connectivity index is 2.92. The SMILES string of the molecule is Nc1c(O)c(O)cc2ccc(Br)cc12. The van der Waals surface area contributed by atoms with Crippen molar-refractivity contribution in [1.82, 2.24) is 0 Å². The Kier molecular flexibility index (Phi) is 2.00. The van der Waals surface area contributed by atoms with Gasteiger partial charge in [-0.3, -0.25) is 0 Å². The first-order valence-corrected chi connectivity index (χ1v) is 4.78. The van der Waals surface area contributed by atoms with Crippen LogP contribution in [0, 0.1) is 0 Å². The second kappa shape index (κ2) is 3.06. The maximum Gasteiger partial charge on any atom is 0.181 e. The molecule has 0 saturated carbocycles. The Morgan fingerprint density at radius 3 is 2.57 bits per heavy atom. The summed E-state index contributed by atoms with van der Waals surface area (Å²) in [5.41, 5.74) is 5.85. The van der Waals surface area contributed by atoms with Gasteiger partial charge in [-0.2, -0.15) is 0 Å². The van der Waals surface area contributed by atoms with E-state index >= 15 is 0 Å². The zero-order valence-corrected chi connectivity index (χ0v) is 8.75. The fraction of sp³-hybridized carbons (Fsp3) is 0. The number of phenols is 2. The largest absolute Gasteiger partial charge is 0.504 e. The zero-order chi connectivity index (χ0) is 10.3. The topological polar surface area (TPSA) is 66.5 Å². The van der Waals surface area contributed by atoms with Crippen molar-refractivity contribution < 1.29 is 10.2 Å². The van der Waals surface area contributed by atoms with Crippen molar-refractivity contribution in [1.29, 1.82) is 0 Å². The molecular formula is C10H8BrNO2. The van der Waals surface area contributed by atoms with Crippen LogP contribution in [0.2, 0.25) is 0 Å². The van der Waals surface area contributed by atoms with Gasteiger partial charge in [-0.1, -0.05) is 22.0 Å². The minimum atomic E-state index is -0.268. The Hall–Kier alpha value is -1.42. The molecule has 0 saturated heterocycles. The molecule has 0 aromatic heterocycles. The normalized spacial score (nSPS) is 10.6. The summed E-state index contributed by atoms with van der Waals surface area (Å²) in [7, 11) is 0. The predicted molar refractivity (Wildman–Crippen MR) is 59.4 cm³/mol. The van der Waals surface area contributed by atoms with E-state index < -0.39 is 0 Å². The number of halogens is 1. The molecular weight excluding hydrogens is 246 g/mol. The number of benzene rings is 2. The van der Waals surface area contributed by atoms with E-state index in [4.69, 9.17) is 5.73 Å². The molecule has 0 atom stereocenters. The lowest BCUT2D eigenvalue weighted by Gasteiger charge is -2.06. The van der Waals surface area contributed by atoms with Gasteiger partial charge in [0.15, 0.2) is 11.5 Å². The highest BCUT2D eigenvalue weighted by Crippen LogP contribution is 2.38. The van der Waals surface area contributed by atoms with Crippen LogP contribution in [0.5, 0.6) is 11.5 Å². The molecule has 0 spiro atoms. The van der Waals surface area contributed by atoms with E-state index in [-0.39, 0.29) is 17.2 Å². The molecule has 4 heteroatoms. The summed E-state index contributed by atoms with van der Waals surface area (Å²) in [6.07, 6.45) is 0. The van der Waals surface area contributed by atoms with E-state index in [1.54, 1.807) is 6.07 Å². The van der Waals surface area contributed by atoms with Crippen LogP contribution < -0.4 is 5.73 Å². The molecule has 3 nitrogen and oxygen atoms in total. The molecule has 0 amide bonds. The first kappa shape index (κ1) is 9.15. The van der Waals surface area contributed by atoms with Gasteiger partial charge in [0.2, 0.25) is 0 Å². The maximum absolute atomic E-state index is 9.40. The minimum Gasteiger partial charge on any atom is -0.504 e. The zero-order valence-electron chi connectivity index (χ0n) is 7.16. The van der Waals surface area contributed by atoms with Crippen LogP contribution in [0.3, 0.4) is 0 Å². The van der Waals surface area contributed by atoms with E-state index in [1.807, 2.05) is 12.1 Å². The van der Waals surface area contributed by atoms with Crippen LogP contribution in [-0.2, 0) is 0 Å². The summed E-state index contributed by atoms with van der Waals surface area (Å²) in [5.74, 6) is -0.465. The molecule has 0 unspecified atom stereocenters. The first-order valence-electron chi connectivity index (χ1n) is 3.99. The molecule has 2 aromatic carbocycles. The summed E-state index contributed by atoms with van der Waals surface area (Å²) in [6, 6.07) is 6.94. The number of hydrogen-bond donors (Lipinski definition) is 3. The highest BCUT2D eigenvalue weighted by molar-refractivity contribution is 9.10. The second-order valence-corrected chi connectivity index (χ2v) is 3.94. The van der Waals surface area contributed by atoms with Gasteiger partial charge in [0.25, 0.3) is 0 Å². The van der Waals surface area contributed by atoms with Gasteiger partial charge in [0.1, 0.15) is 0 Å². The van der Waals surface area contributed by atoms with Crippen molar-refractivity contribution in [2.75, 3.05) is 5.73 Å². The van der Waals surface area contributed by atoms with Crippen LogP contribution in [0.25, 0.3) is 10.8 Å². The van der Waals surface area contributed by atoms with Gasteiger partial charge >= 0.3 is 0 Å². The van der Waals surface area contributed by atoms with Crippen molar-refractivity contribution in [2.24, 2.45) is 0 Å². The van der Waals surface area contributed by atoms with Crippen LogP contribution in [0.15, 0.2) is 28.7 Å². The van der Waals surface area contributed by atoms with Crippen LogP contribution in [-0.4, -0.2) is 10.2 Å². The molecule has 14 heavy (non-hydrogen) atoms. The van der Waals surface area contributed by atoms with E-state index in [2.05, 4.69) is 15.9 Å². The van der Waals surface area contributed by atoms with Gasteiger partial charge in [0.05, 0.1) is 5.69 Å². The van der Waals surface area contributed by atoms with Gasteiger partial charge in [-0.05, 0) is 23.6 Å².